The fraction of sp³-hybridized carbons (Fsp3) is 0.133. The third-order valence-electron chi connectivity index (χ3n) is 3.11. The van der Waals surface area contributed by atoms with Gasteiger partial charge in [0.2, 0.25) is 6.54 Å². The van der Waals surface area contributed by atoms with Crippen LogP contribution in [-0.4, -0.2) is 9.97 Å². The first-order chi connectivity index (χ1) is 9.61. The lowest BCUT2D eigenvalue weighted by Gasteiger charge is -2.01. The zero-order chi connectivity index (χ0) is 14.1. The first-order valence-electron chi connectivity index (χ1n) is 6.26. The van der Waals surface area contributed by atoms with E-state index in [1.807, 2.05) is 36.0 Å². The van der Waals surface area contributed by atoms with Crippen molar-refractivity contribution in [1.29, 1.82) is 0 Å². The molecule has 3 aromatic rings. The van der Waals surface area contributed by atoms with E-state index in [-0.39, 0.29) is 5.56 Å². The highest BCUT2D eigenvalue weighted by Crippen LogP contribution is 2.14. The number of aromatic nitrogens is 3. The highest BCUT2D eigenvalue weighted by atomic mass is 35.5. The van der Waals surface area contributed by atoms with Crippen molar-refractivity contribution in [2.45, 2.75) is 13.5 Å². The third-order valence-corrected chi connectivity index (χ3v) is 3.34. The molecule has 2 heterocycles. The number of H-pyrrole nitrogens is 1. The van der Waals surface area contributed by atoms with Crippen LogP contribution in [-0.2, 0) is 6.54 Å². The van der Waals surface area contributed by atoms with Gasteiger partial charge < -0.3 is 4.98 Å². The Kier molecular flexibility index (Phi) is 3.24. The lowest BCUT2D eigenvalue weighted by molar-refractivity contribution is -0.689. The van der Waals surface area contributed by atoms with Gasteiger partial charge in [-0.05, 0) is 30.7 Å². The normalized spacial score (nSPS) is 10.9. The van der Waals surface area contributed by atoms with Crippen LogP contribution in [0.4, 0.5) is 0 Å². The molecule has 0 amide bonds. The number of fused-ring (bicyclic) bond motifs is 1. The fourth-order valence-electron chi connectivity index (χ4n) is 2.05. The molecule has 0 spiro atoms. The van der Waals surface area contributed by atoms with Crippen LogP contribution < -0.4 is 10.1 Å². The first kappa shape index (κ1) is 12.8. The molecule has 0 unspecified atom stereocenters. The molecule has 0 atom stereocenters. The Morgan fingerprint density at radius 3 is 2.75 bits per heavy atom. The molecule has 0 fully saturated rings. The van der Waals surface area contributed by atoms with E-state index in [1.165, 1.54) is 5.56 Å². The zero-order valence-corrected chi connectivity index (χ0v) is 11.7. The Hall–Kier alpha value is -2.20. The van der Waals surface area contributed by atoms with Gasteiger partial charge in [0, 0.05) is 17.2 Å². The molecule has 0 saturated carbocycles. The molecule has 1 aromatic carbocycles. The second kappa shape index (κ2) is 5.06. The quantitative estimate of drug-likeness (QED) is 0.735. The number of nitrogens with zero attached hydrogens (tertiary/aromatic N) is 2. The van der Waals surface area contributed by atoms with Crippen LogP contribution >= 0.6 is 11.6 Å². The summed E-state index contributed by atoms with van der Waals surface area (Å²) in [5.41, 5.74) is 1.66. The largest absolute Gasteiger partial charge is 0.305 e. The highest BCUT2D eigenvalue weighted by molar-refractivity contribution is 6.31. The second-order valence-electron chi connectivity index (χ2n) is 4.72. The van der Waals surface area contributed by atoms with Gasteiger partial charge in [-0.15, -0.1) is 0 Å². The molecule has 5 heteroatoms. The molecule has 0 aliphatic heterocycles. The minimum Gasteiger partial charge on any atom is -0.305 e. The van der Waals surface area contributed by atoms with Gasteiger partial charge in [-0.3, -0.25) is 4.79 Å². The van der Waals surface area contributed by atoms with E-state index < -0.39 is 0 Å². The Balaban J connectivity index is 2.04. The van der Waals surface area contributed by atoms with Crippen molar-refractivity contribution in [1.82, 2.24) is 9.97 Å². The molecular weight excluding hydrogens is 274 g/mol. The van der Waals surface area contributed by atoms with E-state index in [9.17, 15) is 4.79 Å². The van der Waals surface area contributed by atoms with Crippen molar-refractivity contribution < 1.29 is 4.57 Å². The number of hydrogen-bond donors (Lipinski definition) is 1. The number of aromatic amines is 1. The lowest BCUT2D eigenvalue weighted by Crippen LogP contribution is -2.35. The van der Waals surface area contributed by atoms with Crippen LogP contribution in [0.5, 0.6) is 0 Å². The van der Waals surface area contributed by atoms with Crippen molar-refractivity contribution in [3.8, 4) is 0 Å². The van der Waals surface area contributed by atoms with Crippen LogP contribution in [0, 0.1) is 6.92 Å². The maximum absolute atomic E-state index is 12.0. The van der Waals surface area contributed by atoms with E-state index in [0.29, 0.717) is 28.3 Å². The van der Waals surface area contributed by atoms with Gasteiger partial charge in [-0.25, -0.2) is 4.98 Å². The summed E-state index contributed by atoms with van der Waals surface area (Å²) in [6.45, 7) is 2.54. The summed E-state index contributed by atoms with van der Waals surface area (Å²) in [7, 11) is 0. The molecule has 0 radical (unpaired) electrons. The van der Waals surface area contributed by atoms with Crippen LogP contribution in [0.2, 0.25) is 5.02 Å². The Morgan fingerprint density at radius 1 is 1.25 bits per heavy atom. The lowest BCUT2D eigenvalue weighted by atomic mass is 10.2. The summed E-state index contributed by atoms with van der Waals surface area (Å²) < 4.78 is 1.96. The van der Waals surface area contributed by atoms with Crippen molar-refractivity contribution in [3.05, 3.63) is 69.5 Å². The van der Waals surface area contributed by atoms with Gasteiger partial charge in [-0.1, -0.05) is 11.6 Å². The number of hydrogen-bond acceptors (Lipinski definition) is 2. The molecule has 4 nitrogen and oxygen atoms in total. The monoisotopic (exact) mass is 286 g/mol. The number of pyridine rings is 1. The van der Waals surface area contributed by atoms with E-state index in [0.717, 1.165) is 0 Å². The van der Waals surface area contributed by atoms with Gasteiger partial charge >= 0.3 is 0 Å². The average molecular weight is 287 g/mol. The van der Waals surface area contributed by atoms with Gasteiger partial charge in [0.05, 0.1) is 10.9 Å². The molecule has 0 saturated heterocycles. The van der Waals surface area contributed by atoms with Gasteiger partial charge in [0.15, 0.2) is 18.2 Å². The van der Waals surface area contributed by atoms with Gasteiger partial charge in [0.1, 0.15) is 0 Å². The Morgan fingerprint density at radius 2 is 2.00 bits per heavy atom. The number of nitrogens with one attached hydrogen (secondary N) is 1. The first-order valence-corrected chi connectivity index (χ1v) is 6.64. The van der Waals surface area contributed by atoms with Crippen molar-refractivity contribution in [2.24, 2.45) is 0 Å². The molecular formula is C15H13ClN3O+. The summed E-state index contributed by atoms with van der Waals surface area (Å²) >= 11 is 5.94. The van der Waals surface area contributed by atoms with Crippen LogP contribution in [0.1, 0.15) is 11.4 Å². The molecule has 2 aromatic heterocycles. The topological polar surface area (TPSA) is 49.6 Å². The summed E-state index contributed by atoms with van der Waals surface area (Å²) in [5, 5.41) is 1.12. The van der Waals surface area contributed by atoms with Crippen LogP contribution in [0.15, 0.2) is 47.5 Å². The van der Waals surface area contributed by atoms with Crippen LogP contribution in [0.25, 0.3) is 10.9 Å². The van der Waals surface area contributed by atoms with Crippen molar-refractivity contribution in [3.63, 3.8) is 0 Å². The molecule has 100 valence electrons. The summed E-state index contributed by atoms with van der Waals surface area (Å²) in [5.74, 6) is 0.610. The van der Waals surface area contributed by atoms with E-state index in [4.69, 9.17) is 11.6 Å². The van der Waals surface area contributed by atoms with Crippen LogP contribution in [0.3, 0.4) is 0 Å². The predicted molar refractivity (Wildman–Crippen MR) is 77.8 cm³/mol. The smallest absolute Gasteiger partial charge is 0.258 e. The molecule has 0 bridgehead atoms. The fourth-order valence-corrected chi connectivity index (χ4v) is 2.21. The Labute approximate surface area is 120 Å². The number of aryl methyl sites for hydroxylation is 1. The third kappa shape index (κ3) is 2.56. The molecule has 0 aliphatic rings. The van der Waals surface area contributed by atoms with Crippen molar-refractivity contribution in [2.75, 3.05) is 0 Å². The SMILES string of the molecule is Cc1cc[n+](Cc2nc3cc(Cl)ccc3c(=O)[nH]2)cc1. The Bertz CT molecular complexity index is 825. The minimum atomic E-state index is -0.144. The maximum atomic E-state index is 12.0. The summed E-state index contributed by atoms with van der Waals surface area (Å²) in [6.07, 6.45) is 3.91. The molecule has 1 N–H and O–H groups in total. The van der Waals surface area contributed by atoms with E-state index >= 15 is 0 Å². The average Bonchev–Trinajstić information content (AvgIpc) is 2.41. The molecule has 0 aliphatic carbocycles. The minimum absolute atomic E-state index is 0.144. The standard InChI is InChI=1S/C15H12ClN3O/c1-10-4-6-19(7-5-10)9-14-17-13-8-11(16)2-3-12(13)15(20)18-14/h2-8H,9H2,1H3/p+1. The predicted octanol–water partition coefficient (Wildman–Crippen LogP) is 2.22. The number of halogens is 1. The summed E-state index contributed by atoms with van der Waals surface area (Å²) in [6, 6.07) is 9.10. The van der Waals surface area contributed by atoms with E-state index in [2.05, 4.69) is 9.97 Å². The summed E-state index contributed by atoms with van der Waals surface area (Å²) in [4.78, 5) is 19.3. The van der Waals surface area contributed by atoms with Gasteiger partial charge in [0.25, 0.3) is 5.56 Å². The molecule has 20 heavy (non-hydrogen) atoms. The number of rotatable bonds is 2. The zero-order valence-electron chi connectivity index (χ0n) is 10.9. The molecule has 3 rings (SSSR count). The highest BCUT2D eigenvalue weighted by Gasteiger charge is 2.08. The number of benzene rings is 1. The maximum Gasteiger partial charge on any atom is 0.258 e. The van der Waals surface area contributed by atoms with Crippen molar-refractivity contribution >= 4 is 22.5 Å². The van der Waals surface area contributed by atoms with E-state index in [1.54, 1.807) is 18.2 Å². The second-order valence-corrected chi connectivity index (χ2v) is 5.16. The van der Waals surface area contributed by atoms with Gasteiger partial charge in [-0.2, -0.15) is 4.57 Å².